The Morgan fingerprint density at radius 3 is 2.27 bits per heavy atom. The number of nitrogens with zero attached hydrogens (tertiary/aromatic N) is 2. The normalized spacial score (nSPS) is 10.8. The molecule has 0 bridgehead atoms. The SMILES string of the molecule is COc1ccc(N=Nc2cc(O)c(Nc3ccccc3C)cc2O)cc1. The van der Waals surface area contributed by atoms with E-state index in [0.29, 0.717) is 11.4 Å². The molecule has 0 atom stereocenters. The van der Waals surface area contributed by atoms with E-state index < -0.39 is 0 Å². The van der Waals surface area contributed by atoms with E-state index in [1.54, 1.807) is 31.4 Å². The van der Waals surface area contributed by atoms with Gasteiger partial charge in [-0.1, -0.05) is 18.2 Å². The Balaban J connectivity index is 1.82. The first-order valence-electron chi connectivity index (χ1n) is 8.01. The second kappa shape index (κ2) is 7.57. The van der Waals surface area contributed by atoms with Gasteiger partial charge in [0.2, 0.25) is 0 Å². The summed E-state index contributed by atoms with van der Waals surface area (Å²) in [5, 5.41) is 31.6. The van der Waals surface area contributed by atoms with Crippen LogP contribution in [0.1, 0.15) is 5.56 Å². The van der Waals surface area contributed by atoms with Crippen molar-refractivity contribution in [3.05, 3.63) is 66.2 Å². The number of aromatic hydroxyl groups is 2. The van der Waals surface area contributed by atoms with Gasteiger partial charge in [0.1, 0.15) is 22.9 Å². The Bertz CT molecular complexity index is 938. The van der Waals surface area contributed by atoms with Crippen molar-refractivity contribution in [2.45, 2.75) is 6.92 Å². The minimum absolute atomic E-state index is 0.0327. The summed E-state index contributed by atoms with van der Waals surface area (Å²) in [7, 11) is 1.59. The maximum Gasteiger partial charge on any atom is 0.145 e. The topological polar surface area (TPSA) is 86.4 Å². The molecular formula is C20H19N3O3. The molecule has 0 aromatic heterocycles. The summed E-state index contributed by atoms with van der Waals surface area (Å²) >= 11 is 0. The number of phenolic OH excluding ortho intramolecular Hbond substituents is 2. The lowest BCUT2D eigenvalue weighted by Crippen LogP contribution is -1.93. The van der Waals surface area contributed by atoms with Gasteiger partial charge in [0.25, 0.3) is 0 Å². The van der Waals surface area contributed by atoms with Crippen molar-refractivity contribution < 1.29 is 14.9 Å². The fourth-order valence-electron chi connectivity index (χ4n) is 2.36. The molecule has 6 nitrogen and oxygen atoms in total. The quantitative estimate of drug-likeness (QED) is 0.319. The number of hydrogen-bond donors (Lipinski definition) is 3. The van der Waals surface area contributed by atoms with E-state index in [9.17, 15) is 10.2 Å². The number of benzene rings is 3. The molecule has 132 valence electrons. The Labute approximate surface area is 151 Å². The first-order chi connectivity index (χ1) is 12.6. The standard InChI is InChI=1S/C20H19N3O3/c1-13-5-3-4-6-16(13)21-17-11-20(25)18(12-19(17)24)23-22-14-7-9-15(26-2)10-8-14/h3-12,21,24-25H,1-2H3. The summed E-state index contributed by atoms with van der Waals surface area (Å²) < 4.78 is 5.08. The van der Waals surface area contributed by atoms with Gasteiger partial charge in [-0.25, -0.2) is 0 Å². The molecule has 3 aromatic carbocycles. The van der Waals surface area contributed by atoms with Gasteiger partial charge < -0.3 is 20.3 Å². The summed E-state index contributed by atoms with van der Waals surface area (Å²) in [6.45, 7) is 1.96. The molecular weight excluding hydrogens is 330 g/mol. The van der Waals surface area contributed by atoms with Crippen LogP contribution < -0.4 is 10.1 Å². The van der Waals surface area contributed by atoms with E-state index in [-0.39, 0.29) is 17.2 Å². The zero-order valence-corrected chi connectivity index (χ0v) is 14.5. The lowest BCUT2D eigenvalue weighted by molar-refractivity contribution is 0.415. The first kappa shape index (κ1) is 17.3. The van der Waals surface area contributed by atoms with Crippen LogP contribution in [0.3, 0.4) is 0 Å². The minimum Gasteiger partial charge on any atom is -0.506 e. The lowest BCUT2D eigenvalue weighted by atomic mass is 10.2. The number of nitrogens with one attached hydrogen (secondary N) is 1. The molecule has 0 heterocycles. The smallest absolute Gasteiger partial charge is 0.145 e. The predicted octanol–water partition coefficient (Wildman–Crippen LogP) is 5.57. The van der Waals surface area contributed by atoms with Crippen LogP contribution in [0.25, 0.3) is 0 Å². The Kier molecular flexibility index (Phi) is 5.03. The summed E-state index contributed by atoms with van der Waals surface area (Å²) in [6.07, 6.45) is 0. The number of anilines is 2. The predicted molar refractivity (Wildman–Crippen MR) is 101 cm³/mol. The maximum atomic E-state index is 10.2. The van der Waals surface area contributed by atoms with Gasteiger partial charge in [-0.15, -0.1) is 5.11 Å². The molecule has 0 radical (unpaired) electrons. The average molecular weight is 349 g/mol. The minimum atomic E-state index is -0.0869. The number of para-hydroxylation sites is 1. The van der Waals surface area contributed by atoms with Crippen LogP contribution in [0.5, 0.6) is 17.2 Å². The molecule has 0 fully saturated rings. The maximum absolute atomic E-state index is 10.2. The van der Waals surface area contributed by atoms with Crippen molar-refractivity contribution in [2.75, 3.05) is 12.4 Å². The van der Waals surface area contributed by atoms with Crippen LogP contribution >= 0.6 is 0 Å². The van der Waals surface area contributed by atoms with Crippen molar-refractivity contribution in [1.82, 2.24) is 0 Å². The monoisotopic (exact) mass is 349 g/mol. The highest BCUT2D eigenvalue weighted by atomic mass is 16.5. The van der Waals surface area contributed by atoms with E-state index in [1.165, 1.54) is 12.1 Å². The number of azo groups is 1. The van der Waals surface area contributed by atoms with E-state index in [1.807, 2.05) is 31.2 Å². The van der Waals surface area contributed by atoms with Gasteiger partial charge in [0, 0.05) is 17.8 Å². The molecule has 3 rings (SSSR count). The summed E-state index contributed by atoms with van der Waals surface area (Å²) in [4.78, 5) is 0. The molecule has 0 spiro atoms. The number of ether oxygens (including phenoxy) is 1. The van der Waals surface area contributed by atoms with Gasteiger partial charge in [0.05, 0.1) is 18.5 Å². The molecule has 6 heteroatoms. The van der Waals surface area contributed by atoms with Crippen molar-refractivity contribution in [3.63, 3.8) is 0 Å². The molecule has 0 aliphatic heterocycles. The van der Waals surface area contributed by atoms with Crippen LogP contribution in [-0.4, -0.2) is 17.3 Å². The molecule has 0 aliphatic rings. The second-order valence-electron chi connectivity index (χ2n) is 5.70. The van der Waals surface area contributed by atoms with Crippen molar-refractivity contribution in [1.29, 1.82) is 0 Å². The highest BCUT2D eigenvalue weighted by Gasteiger charge is 2.10. The molecule has 0 aliphatic carbocycles. The number of hydrogen-bond acceptors (Lipinski definition) is 6. The highest BCUT2D eigenvalue weighted by molar-refractivity contribution is 5.73. The zero-order chi connectivity index (χ0) is 18.5. The van der Waals surface area contributed by atoms with E-state index in [4.69, 9.17) is 4.74 Å². The van der Waals surface area contributed by atoms with Crippen LogP contribution in [-0.2, 0) is 0 Å². The fraction of sp³-hybridized carbons (Fsp3) is 0.100. The van der Waals surface area contributed by atoms with Crippen LogP contribution in [0, 0.1) is 6.92 Å². The van der Waals surface area contributed by atoms with Crippen molar-refractivity contribution >= 4 is 22.7 Å². The second-order valence-corrected chi connectivity index (χ2v) is 5.70. The molecule has 0 amide bonds. The van der Waals surface area contributed by atoms with Gasteiger partial charge >= 0.3 is 0 Å². The highest BCUT2D eigenvalue weighted by Crippen LogP contribution is 2.39. The summed E-state index contributed by atoms with van der Waals surface area (Å²) in [5.41, 5.74) is 3.03. The fourth-order valence-corrected chi connectivity index (χ4v) is 2.36. The van der Waals surface area contributed by atoms with Crippen LogP contribution in [0.4, 0.5) is 22.7 Å². The van der Waals surface area contributed by atoms with E-state index in [0.717, 1.165) is 17.0 Å². The van der Waals surface area contributed by atoms with Crippen molar-refractivity contribution in [2.24, 2.45) is 10.2 Å². The molecule has 3 N–H and O–H groups in total. The van der Waals surface area contributed by atoms with Gasteiger partial charge in [-0.3, -0.25) is 0 Å². The van der Waals surface area contributed by atoms with E-state index in [2.05, 4.69) is 15.5 Å². The Morgan fingerprint density at radius 2 is 1.58 bits per heavy atom. The molecule has 26 heavy (non-hydrogen) atoms. The number of phenols is 2. The average Bonchev–Trinajstić information content (AvgIpc) is 2.65. The third-order valence-corrected chi connectivity index (χ3v) is 3.85. The Hall–Kier alpha value is -3.54. The first-order valence-corrected chi connectivity index (χ1v) is 8.01. The summed E-state index contributed by atoms with van der Waals surface area (Å²) in [6, 6.07) is 17.5. The molecule has 0 saturated carbocycles. The van der Waals surface area contributed by atoms with Gasteiger partial charge in [0.15, 0.2) is 0 Å². The lowest BCUT2D eigenvalue weighted by Gasteiger charge is -2.12. The Morgan fingerprint density at radius 1 is 0.846 bits per heavy atom. The van der Waals surface area contributed by atoms with Crippen molar-refractivity contribution in [3.8, 4) is 17.2 Å². The van der Waals surface area contributed by atoms with Crippen LogP contribution in [0.2, 0.25) is 0 Å². The molecule has 0 unspecified atom stereocenters. The largest absolute Gasteiger partial charge is 0.506 e. The number of methoxy groups -OCH3 is 1. The van der Waals surface area contributed by atoms with Crippen LogP contribution in [0.15, 0.2) is 70.9 Å². The van der Waals surface area contributed by atoms with Gasteiger partial charge in [-0.2, -0.15) is 5.11 Å². The number of aryl methyl sites for hydroxylation is 1. The third-order valence-electron chi connectivity index (χ3n) is 3.85. The third kappa shape index (κ3) is 3.92. The van der Waals surface area contributed by atoms with Gasteiger partial charge in [-0.05, 0) is 42.8 Å². The zero-order valence-electron chi connectivity index (χ0n) is 14.5. The number of rotatable bonds is 5. The molecule has 3 aromatic rings. The molecule has 0 saturated heterocycles. The van der Waals surface area contributed by atoms with E-state index >= 15 is 0 Å². The summed E-state index contributed by atoms with van der Waals surface area (Å²) in [5.74, 6) is 0.599.